The first-order valence-electron chi connectivity index (χ1n) is 10.1. The van der Waals surface area contributed by atoms with Gasteiger partial charge in [-0.1, -0.05) is 48.0 Å². The highest BCUT2D eigenvalue weighted by atomic mass is 16.5. The molecule has 0 aliphatic carbocycles. The molecule has 1 saturated heterocycles. The Bertz CT molecular complexity index is 785. The second-order valence-electron chi connectivity index (χ2n) is 7.90. The van der Waals surface area contributed by atoms with Crippen LogP contribution >= 0.6 is 0 Å². The number of carbonyl (C=O) groups excluding carboxylic acids is 1. The first-order chi connectivity index (χ1) is 13.5. The van der Waals surface area contributed by atoms with Gasteiger partial charge in [0.1, 0.15) is 38.5 Å². The highest BCUT2D eigenvalue weighted by Gasteiger charge is 2.26. The van der Waals surface area contributed by atoms with E-state index in [0.717, 1.165) is 44.0 Å². The molecular formula is C23H33N3O2+2. The van der Waals surface area contributed by atoms with Crippen LogP contribution in [0.5, 0.6) is 5.75 Å². The number of para-hydroxylation sites is 1. The fourth-order valence-corrected chi connectivity index (χ4v) is 3.95. The number of amides is 1. The summed E-state index contributed by atoms with van der Waals surface area (Å²) in [5.41, 5.74) is 3.78. The molecule has 0 saturated carbocycles. The Morgan fingerprint density at radius 3 is 2.46 bits per heavy atom. The molecule has 3 rings (SSSR count). The van der Waals surface area contributed by atoms with Crippen molar-refractivity contribution in [2.75, 3.05) is 46.9 Å². The molecule has 2 aromatic carbocycles. The van der Waals surface area contributed by atoms with Crippen molar-refractivity contribution >= 4 is 5.91 Å². The molecular weight excluding hydrogens is 350 g/mol. The number of rotatable bonds is 7. The Kier molecular flexibility index (Phi) is 7.06. The average molecular weight is 384 g/mol. The van der Waals surface area contributed by atoms with Crippen molar-refractivity contribution in [2.45, 2.75) is 20.0 Å². The molecule has 0 radical (unpaired) electrons. The van der Waals surface area contributed by atoms with Crippen LogP contribution in [0.25, 0.3) is 0 Å². The van der Waals surface area contributed by atoms with Crippen molar-refractivity contribution in [3.8, 4) is 5.75 Å². The van der Waals surface area contributed by atoms with Crippen molar-refractivity contribution in [1.29, 1.82) is 0 Å². The number of benzene rings is 2. The summed E-state index contributed by atoms with van der Waals surface area (Å²) in [6.07, 6.45) is 0. The fraction of sp³-hybridized carbons (Fsp3) is 0.435. The normalized spacial score (nSPS) is 19.2. The lowest BCUT2D eigenvalue weighted by atomic mass is 10.1. The van der Waals surface area contributed by atoms with E-state index in [9.17, 15) is 4.79 Å². The lowest BCUT2D eigenvalue weighted by Gasteiger charge is -2.30. The van der Waals surface area contributed by atoms with E-state index in [1.165, 1.54) is 16.0 Å². The minimum atomic E-state index is 0.197. The number of carbonyl (C=O) groups is 1. The Morgan fingerprint density at radius 2 is 1.75 bits per heavy atom. The van der Waals surface area contributed by atoms with Gasteiger partial charge in [-0.05, 0) is 13.0 Å². The summed E-state index contributed by atoms with van der Waals surface area (Å²) in [5.74, 6) is 1.03. The lowest BCUT2D eigenvalue weighted by molar-refractivity contribution is -1.02. The number of hydrogen-bond acceptors (Lipinski definition) is 2. The van der Waals surface area contributed by atoms with E-state index in [1.54, 1.807) is 12.0 Å². The molecule has 0 bridgehead atoms. The minimum absolute atomic E-state index is 0.197. The van der Waals surface area contributed by atoms with Gasteiger partial charge in [-0.3, -0.25) is 4.79 Å². The highest BCUT2D eigenvalue weighted by Crippen LogP contribution is 2.18. The van der Waals surface area contributed by atoms with E-state index in [-0.39, 0.29) is 5.91 Å². The fourth-order valence-electron chi connectivity index (χ4n) is 3.95. The largest absolute Gasteiger partial charge is 0.496 e. The van der Waals surface area contributed by atoms with Gasteiger partial charge >= 0.3 is 0 Å². The summed E-state index contributed by atoms with van der Waals surface area (Å²) in [4.78, 5) is 17.5. The maximum absolute atomic E-state index is 12.7. The molecule has 0 aromatic heterocycles. The van der Waals surface area contributed by atoms with E-state index in [1.807, 2.05) is 36.2 Å². The summed E-state index contributed by atoms with van der Waals surface area (Å²) in [7, 11) is 3.55. The number of hydrogen-bond donors (Lipinski definition) is 2. The van der Waals surface area contributed by atoms with Crippen LogP contribution in [-0.2, 0) is 17.9 Å². The van der Waals surface area contributed by atoms with Crippen molar-refractivity contribution in [3.63, 3.8) is 0 Å². The number of piperazine rings is 1. The SMILES string of the molecule is COc1ccccc1CN(C)C(=O)C[NH+]1CC[NH+](Cc2cccc(C)c2)CC1. The smallest absolute Gasteiger partial charge is 0.277 e. The lowest BCUT2D eigenvalue weighted by Crippen LogP contribution is -3.28. The van der Waals surface area contributed by atoms with Crippen molar-refractivity contribution in [3.05, 3.63) is 65.2 Å². The van der Waals surface area contributed by atoms with Gasteiger partial charge in [0.05, 0.1) is 7.11 Å². The van der Waals surface area contributed by atoms with Gasteiger partial charge in [0.25, 0.3) is 5.91 Å². The number of ether oxygens (including phenoxy) is 1. The highest BCUT2D eigenvalue weighted by molar-refractivity contribution is 5.76. The summed E-state index contributed by atoms with van der Waals surface area (Å²) in [6, 6.07) is 16.7. The number of nitrogens with one attached hydrogen (secondary N) is 2. The van der Waals surface area contributed by atoms with Crippen LogP contribution in [0.2, 0.25) is 0 Å². The molecule has 0 unspecified atom stereocenters. The third kappa shape index (κ3) is 5.57. The topological polar surface area (TPSA) is 38.4 Å². The van der Waals surface area contributed by atoms with Gasteiger partial charge < -0.3 is 19.4 Å². The number of aryl methyl sites for hydroxylation is 1. The summed E-state index contributed by atoms with van der Waals surface area (Å²) < 4.78 is 5.40. The molecule has 0 spiro atoms. The molecule has 2 aromatic rings. The molecule has 1 aliphatic heterocycles. The zero-order valence-electron chi connectivity index (χ0n) is 17.3. The zero-order chi connectivity index (χ0) is 19.9. The first kappa shape index (κ1) is 20.4. The minimum Gasteiger partial charge on any atom is -0.496 e. The molecule has 2 N–H and O–H groups in total. The number of methoxy groups -OCH3 is 1. The van der Waals surface area contributed by atoms with Gasteiger partial charge in [0.2, 0.25) is 0 Å². The number of likely N-dealkylation sites (N-methyl/N-ethyl adjacent to an activating group) is 1. The van der Waals surface area contributed by atoms with Crippen LogP contribution in [0.15, 0.2) is 48.5 Å². The average Bonchev–Trinajstić information content (AvgIpc) is 2.70. The van der Waals surface area contributed by atoms with E-state index in [4.69, 9.17) is 4.74 Å². The summed E-state index contributed by atoms with van der Waals surface area (Å²) in [5, 5.41) is 0. The third-order valence-electron chi connectivity index (χ3n) is 5.63. The zero-order valence-corrected chi connectivity index (χ0v) is 17.3. The van der Waals surface area contributed by atoms with Gasteiger partial charge in [0.15, 0.2) is 6.54 Å². The first-order valence-corrected chi connectivity index (χ1v) is 10.1. The predicted octanol–water partition coefficient (Wildman–Crippen LogP) is -0.0544. The van der Waals surface area contributed by atoms with E-state index in [2.05, 4.69) is 31.2 Å². The van der Waals surface area contributed by atoms with Gasteiger partial charge in [0, 0.05) is 24.7 Å². The summed E-state index contributed by atoms with van der Waals surface area (Å²) >= 11 is 0. The monoisotopic (exact) mass is 383 g/mol. The summed E-state index contributed by atoms with van der Waals surface area (Å²) in [6.45, 7) is 8.72. The standard InChI is InChI=1S/C23H31N3O2/c1-19-7-6-8-20(15-19)16-25-11-13-26(14-12-25)18-23(27)24(2)17-21-9-4-5-10-22(21)28-3/h4-10,15H,11-14,16-18H2,1-3H3/p+2. The Morgan fingerprint density at radius 1 is 1.04 bits per heavy atom. The number of nitrogens with zero attached hydrogens (tertiary/aromatic N) is 1. The van der Waals surface area contributed by atoms with Gasteiger partial charge in [-0.15, -0.1) is 0 Å². The van der Waals surface area contributed by atoms with E-state index in [0.29, 0.717) is 13.1 Å². The second kappa shape index (κ2) is 9.71. The maximum Gasteiger partial charge on any atom is 0.277 e. The van der Waals surface area contributed by atoms with Gasteiger partial charge in [-0.2, -0.15) is 0 Å². The maximum atomic E-state index is 12.7. The van der Waals surface area contributed by atoms with Crippen molar-refractivity contribution in [2.24, 2.45) is 0 Å². The van der Waals surface area contributed by atoms with Crippen molar-refractivity contribution < 1.29 is 19.3 Å². The molecule has 1 heterocycles. The van der Waals surface area contributed by atoms with Crippen LogP contribution in [0, 0.1) is 6.92 Å². The van der Waals surface area contributed by atoms with Crippen LogP contribution in [0.3, 0.4) is 0 Å². The van der Waals surface area contributed by atoms with E-state index < -0.39 is 0 Å². The Hall–Kier alpha value is -2.37. The molecule has 5 heteroatoms. The molecule has 1 aliphatic rings. The quantitative estimate of drug-likeness (QED) is 0.704. The molecule has 1 amide bonds. The van der Waals surface area contributed by atoms with Crippen molar-refractivity contribution in [1.82, 2.24) is 4.90 Å². The predicted molar refractivity (Wildman–Crippen MR) is 111 cm³/mol. The van der Waals surface area contributed by atoms with E-state index >= 15 is 0 Å². The molecule has 1 fully saturated rings. The Balaban J connectivity index is 1.45. The van der Waals surface area contributed by atoms with Crippen LogP contribution in [0.4, 0.5) is 0 Å². The number of quaternary nitrogens is 2. The molecule has 0 atom stereocenters. The second-order valence-corrected chi connectivity index (χ2v) is 7.90. The Labute approximate surface area is 168 Å². The van der Waals surface area contributed by atoms with Crippen LogP contribution < -0.4 is 14.5 Å². The van der Waals surface area contributed by atoms with Crippen LogP contribution in [-0.4, -0.2) is 57.7 Å². The molecule has 5 nitrogen and oxygen atoms in total. The van der Waals surface area contributed by atoms with Gasteiger partial charge in [-0.25, -0.2) is 0 Å². The third-order valence-corrected chi connectivity index (χ3v) is 5.63. The van der Waals surface area contributed by atoms with Crippen LogP contribution in [0.1, 0.15) is 16.7 Å². The molecule has 150 valence electrons. The molecule has 28 heavy (non-hydrogen) atoms.